The van der Waals surface area contributed by atoms with Crippen molar-refractivity contribution in [3.8, 4) is 0 Å². The van der Waals surface area contributed by atoms with E-state index in [1.807, 2.05) is 36.4 Å². The van der Waals surface area contributed by atoms with Gasteiger partial charge in [-0.25, -0.2) is 0 Å². The average Bonchev–Trinajstić information content (AvgIpc) is 2.45. The summed E-state index contributed by atoms with van der Waals surface area (Å²) in [5.41, 5.74) is 2.41. The molecule has 1 N–H and O–H groups in total. The number of aliphatic hydroxyl groups excluding tert-OH is 1. The second kappa shape index (κ2) is 6.97. The fraction of sp³-hybridized carbons (Fsp3) is 0.294. The van der Waals surface area contributed by atoms with Crippen molar-refractivity contribution in [2.75, 3.05) is 0 Å². The summed E-state index contributed by atoms with van der Waals surface area (Å²) in [6, 6.07) is 20.4. The molecule has 0 aliphatic carbocycles. The van der Waals surface area contributed by atoms with Gasteiger partial charge in [-0.1, -0.05) is 67.1 Å². The van der Waals surface area contributed by atoms with Crippen molar-refractivity contribution in [2.24, 2.45) is 0 Å². The zero-order chi connectivity index (χ0) is 12.6. The molecule has 0 unspecified atom stereocenters. The standard InChI is InChI=1S/C17H20O/c18-17(16-12-5-2-6-13-16)14-8-7-11-15-9-3-1-4-10-15/h1-6,9-10,12-13,17-18H,7-8,11,14H2/t17-/m0/s1. The van der Waals surface area contributed by atoms with Crippen LogP contribution in [0.5, 0.6) is 0 Å². The first-order chi connectivity index (χ1) is 8.86. The Balaban J connectivity index is 1.70. The molecular formula is C17H20O. The molecule has 0 bridgehead atoms. The summed E-state index contributed by atoms with van der Waals surface area (Å²) in [6.07, 6.45) is 3.82. The van der Waals surface area contributed by atoms with E-state index < -0.39 is 0 Å². The quantitative estimate of drug-likeness (QED) is 0.753. The van der Waals surface area contributed by atoms with Gasteiger partial charge in [-0.2, -0.15) is 0 Å². The molecular weight excluding hydrogens is 220 g/mol. The summed E-state index contributed by atoms with van der Waals surface area (Å²) in [6.45, 7) is 0. The lowest BCUT2D eigenvalue weighted by molar-refractivity contribution is 0.163. The van der Waals surface area contributed by atoms with Crippen molar-refractivity contribution in [3.63, 3.8) is 0 Å². The Morgan fingerprint density at radius 2 is 1.39 bits per heavy atom. The Hall–Kier alpha value is -1.60. The van der Waals surface area contributed by atoms with E-state index >= 15 is 0 Å². The molecule has 0 radical (unpaired) electrons. The third-order valence-corrected chi connectivity index (χ3v) is 3.22. The lowest BCUT2D eigenvalue weighted by Gasteiger charge is -2.10. The molecule has 2 rings (SSSR count). The van der Waals surface area contributed by atoms with Crippen molar-refractivity contribution in [1.29, 1.82) is 0 Å². The maximum absolute atomic E-state index is 10.0. The SMILES string of the molecule is O[C@@H](CCCCc1ccccc1)c1ccccc1. The highest BCUT2D eigenvalue weighted by molar-refractivity contribution is 5.17. The van der Waals surface area contributed by atoms with Gasteiger partial charge in [0.25, 0.3) is 0 Å². The van der Waals surface area contributed by atoms with Gasteiger partial charge in [-0.05, 0) is 30.4 Å². The maximum Gasteiger partial charge on any atom is 0.0790 e. The van der Waals surface area contributed by atoms with Crippen molar-refractivity contribution < 1.29 is 5.11 Å². The highest BCUT2D eigenvalue weighted by atomic mass is 16.3. The molecule has 18 heavy (non-hydrogen) atoms. The Bertz CT molecular complexity index is 436. The molecule has 0 aliphatic rings. The Morgan fingerprint density at radius 3 is 2.06 bits per heavy atom. The number of benzene rings is 2. The predicted octanol–water partition coefficient (Wildman–Crippen LogP) is 4.13. The second-order valence-electron chi connectivity index (χ2n) is 4.66. The summed E-state index contributed by atoms with van der Waals surface area (Å²) in [5, 5.41) is 10.0. The zero-order valence-electron chi connectivity index (χ0n) is 10.6. The number of aryl methyl sites for hydroxylation is 1. The first kappa shape index (κ1) is 12.8. The summed E-state index contributed by atoms with van der Waals surface area (Å²) in [4.78, 5) is 0. The van der Waals surface area contributed by atoms with E-state index in [1.165, 1.54) is 5.56 Å². The van der Waals surface area contributed by atoms with Crippen LogP contribution in [0.4, 0.5) is 0 Å². The minimum atomic E-state index is -0.318. The van der Waals surface area contributed by atoms with E-state index in [1.54, 1.807) is 0 Å². The molecule has 2 aromatic rings. The van der Waals surface area contributed by atoms with E-state index in [0.29, 0.717) is 0 Å². The number of rotatable bonds is 6. The van der Waals surface area contributed by atoms with Gasteiger partial charge in [0, 0.05) is 0 Å². The molecule has 94 valence electrons. The fourth-order valence-corrected chi connectivity index (χ4v) is 2.15. The van der Waals surface area contributed by atoms with Gasteiger partial charge in [-0.15, -0.1) is 0 Å². The molecule has 1 nitrogen and oxygen atoms in total. The van der Waals surface area contributed by atoms with Crippen LogP contribution in [-0.2, 0) is 6.42 Å². The number of hydrogen-bond acceptors (Lipinski definition) is 1. The molecule has 0 aromatic heterocycles. The van der Waals surface area contributed by atoms with Crippen molar-refractivity contribution in [3.05, 3.63) is 71.8 Å². The summed E-state index contributed by atoms with van der Waals surface area (Å²) < 4.78 is 0. The van der Waals surface area contributed by atoms with Crippen LogP contribution in [0, 0.1) is 0 Å². The lowest BCUT2D eigenvalue weighted by atomic mass is 10.0. The monoisotopic (exact) mass is 240 g/mol. The van der Waals surface area contributed by atoms with Gasteiger partial charge in [0.05, 0.1) is 6.10 Å². The van der Waals surface area contributed by atoms with Crippen LogP contribution in [0.25, 0.3) is 0 Å². The third kappa shape index (κ3) is 4.01. The number of unbranched alkanes of at least 4 members (excludes halogenated alkanes) is 1. The van der Waals surface area contributed by atoms with Crippen LogP contribution in [-0.4, -0.2) is 5.11 Å². The smallest absolute Gasteiger partial charge is 0.0790 e. The van der Waals surface area contributed by atoms with Gasteiger partial charge in [0.1, 0.15) is 0 Å². The van der Waals surface area contributed by atoms with Gasteiger partial charge in [0.2, 0.25) is 0 Å². The van der Waals surface area contributed by atoms with Crippen molar-refractivity contribution >= 4 is 0 Å². The van der Waals surface area contributed by atoms with Crippen molar-refractivity contribution in [1.82, 2.24) is 0 Å². The number of hydrogen-bond donors (Lipinski definition) is 1. The normalized spacial score (nSPS) is 12.3. The average molecular weight is 240 g/mol. The Labute approximate surface area is 109 Å². The van der Waals surface area contributed by atoms with E-state index in [-0.39, 0.29) is 6.10 Å². The molecule has 0 saturated heterocycles. The van der Waals surface area contributed by atoms with Crippen LogP contribution < -0.4 is 0 Å². The summed E-state index contributed by atoms with van der Waals surface area (Å²) >= 11 is 0. The molecule has 0 spiro atoms. The topological polar surface area (TPSA) is 20.2 Å². The second-order valence-corrected chi connectivity index (χ2v) is 4.66. The summed E-state index contributed by atoms with van der Waals surface area (Å²) in [7, 11) is 0. The highest BCUT2D eigenvalue weighted by Gasteiger charge is 2.05. The zero-order valence-corrected chi connectivity index (χ0v) is 10.6. The van der Waals surface area contributed by atoms with Crippen molar-refractivity contribution in [2.45, 2.75) is 31.8 Å². The van der Waals surface area contributed by atoms with Crippen LogP contribution >= 0.6 is 0 Å². The molecule has 0 heterocycles. The van der Waals surface area contributed by atoms with Crippen LogP contribution in [0.2, 0.25) is 0 Å². The fourth-order valence-electron chi connectivity index (χ4n) is 2.15. The van der Waals surface area contributed by atoms with E-state index in [9.17, 15) is 5.11 Å². The Kier molecular flexibility index (Phi) is 4.98. The number of aliphatic hydroxyl groups is 1. The first-order valence-corrected chi connectivity index (χ1v) is 6.63. The van der Waals surface area contributed by atoms with Gasteiger partial charge < -0.3 is 5.11 Å². The van der Waals surface area contributed by atoms with E-state index in [0.717, 1.165) is 31.2 Å². The van der Waals surface area contributed by atoms with Crippen LogP contribution in [0.3, 0.4) is 0 Å². The molecule has 0 amide bonds. The van der Waals surface area contributed by atoms with Gasteiger partial charge >= 0.3 is 0 Å². The van der Waals surface area contributed by atoms with Gasteiger partial charge in [-0.3, -0.25) is 0 Å². The third-order valence-electron chi connectivity index (χ3n) is 3.22. The highest BCUT2D eigenvalue weighted by Crippen LogP contribution is 2.19. The van der Waals surface area contributed by atoms with Gasteiger partial charge in [0.15, 0.2) is 0 Å². The largest absolute Gasteiger partial charge is 0.388 e. The molecule has 0 saturated carbocycles. The molecule has 0 fully saturated rings. The minimum Gasteiger partial charge on any atom is -0.388 e. The van der Waals surface area contributed by atoms with Crippen LogP contribution in [0.15, 0.2) is 60.7 Å². The Morgan fingerprint density at radius 1 is 0.778 bits per heavy atom. The van der Waals surface area contributed by atoms with E-state index in [4.69, 9.17) is 0 Å². The first-order valence-electron chi connectivity index (χ1n) is 6.63. The lowest BCUT2D eigenvalue weighted by Crippen LogP contribution is -1.97. The molecule has 1 heteroatoms. The minimum absolute atomic E-state index is 0.318. The predicted molar refractivity (Wildman–Crippen MR) is 75.4 cm³/mol. The van der Waals surface area contributed by atoms with E-state index in [2.05, 4.69) is 24.3 Å². The maximum atomic E-state index is 10.0. The summed E-state index contributed by atoms with van der Waals surface area (Å²) in [5.74, 6) is 0. The molecule has 2 aromatic carbocycles. The molecule has 1 atom stereocenters. The van der Waals surface area contributed by atoms with Crippen LogP contribution in [0.1, 0.15) is 36.5 Å². The molecule has 0 aliphatic heterocycles.